The quantitative estimate of drug-likeness (QED) is 0.381. The third-order valence-corrected chi connectivity index (χ3v) is 1.37. The van der Waals surface area contributed by atoms with E-state index in [2.05, 4.69) is 10.2 Å². The summed E-state index contributed by atoms with van der Waals surface area (Å²) in [4.78, 5) is 0. The number of hydrogen-bond acceptors (Lipinski definition) is 4. The summed E-state index contributed by atoms with van der Waals surface area (Å²) >= 11 is 0. The zero-order valence-corrected chi connectivity index (χ0v) is 6.50. The minimum Gasteiger partial charge on any atom is -0.503 e. The number of halogens is 2. The van der Waals surface area contributed by atoms with Crippen LogP contribution >= 0.6 is 0 Å². The predicted octanol–water partition coefficient (Wildman–Crippen LogP) is 1.28. The molecule has 0 amide bonds. The summed E-state index contributed by atoms with van der Waals surface area (Å²) in [5, 5.41) is 9.24. The zero-order valence-electron chi connectivity index (χ0n) is 6.50. The molecule has 0 aromatic heterocycles. The molecule has 0 bridgehead atoms. The first-order valence-corrected chi connectivity index (χ1v) is 3.38. The van der Waals surface area contributed by atoms with Crippen molar-refractivity contribution in [2.45, 2.75) is 6.61 Å². The lowest BCUT2D eigenvalue weighted by Gasteiger charge is -2.09. The Hall–Kier alpha value is -1.56. The smallest absolute Gasteiger partial charge is 0.387 e. The molecular weight excluding hydrogens is 182 g/mol. The summed E-state index contributed by atoms with van der Waals surface area (Å²) in [6.07, 6.45) is 0. The number of phenols is 1. The van der Waals surface area contributed by atoms with E-state index in [4.69, 9.17) is 5.84 Å². The Kier molecular flexibility index (Phi) is 2.86. The van der Waals surface area contributed by atoms with E-state index in [0.29, 0.717) is 0 Å². The molecule has 6 heteroatoms. The second-order valence-electron chi connectivity index (χ2n) is 2.18. The number of alkyl halides is 2. The number of hydrazine groups is 1. The summed E-state index contributed by atoms with van der Waals surface area (Å²) < 4.78 is 27.5. The molecule has 1 aromatic carbocycles. The van der Waals surface area contributed by atoms with Gasteiger partial charge in [0.05, 0.1) is 5.69 Å². The monoisotopic (exact) mass is 190 g/mol. The van der Waals surface area contributed by atoms with E-state index in [1.54, 1.807) is 0 Å². The molecule has 0 atom stereocenters. The maximum atomic E-state index is 11.8. The van der Waals surface area contributed by atoms with Gasteiger partial charge in [-0.25, -0.2) is 0 Å². The molecule has 1 aromatic rings. The molecule has 0 fully saturated rings. The summed E-state index contributed by atoms with van der Waals surface area (Å²) in [5.41, 5.74) is 2.26. The zero-order chi connectivity index (χ0) is 9.84. The summed E-state index contributed by atoms with van der Waals surface area (Å²) in [6.45, 7) is -2.97. The number of nitrogen functional groups attached to an aromatic ring is 1. The molecule has 0 saturated carbocycles. The van der Waals surface area contributed by atoms with Crippen LogP contribution < -0.4 is 16.0 Å². The van der Waals surface area contributed by atoms with Gasteiger partial charge in [-0.3, -0.25) is 5.84 Å². The normalized spacial score (nSPS) is 10.2. The molecule has 13 heavy (non-hydrogen) atoms. The number of benzene rings is 1. The van der Waals surface area contributed by atoms with Gasteiger partial charge in [-0.2, -0.15) is 8.78 Å². The van der Waals surface area contributed by atoms with Gasteiger partial charge in [-0.1, -0.05) is 6.07 Å². The molecule has 0 radical (unpaired) electrons. The lowest BCUT2D eigenvalue weighted by molar-refractivity contribution is -0.0511. The molecule has 4 N–H and O–H groups in total. The highest BCUT2D eigenvalue weighted by atomic mass is 19.3. The van der Waals surface area contributed by atoms with Crippen molar-refractivity contribution in [2.75, 3.05) is 5.43 Å². The van der Waals surface area contributed by atoms with E-state index in [1.807, 2.05) is 0 Å². The first-order chi connectivity index (χ1) is 6.15. The Morgan fingerprint density at radius 2 is 2.15 bits per heavy atom. The molecule has 0 saturated heterocycles. The fourth-order valence-corrected chi connectivity index (χ4v) is 0.830. The molecule has 0 spiro atoms. The first-order valence-electron chi connectivity index (χ1n) is 3.38. The van der Waals surface area contributed by atoms with Crippen LogP contribution in [0.4, 0.5) is 14.5 Å². The molecule has 1 rings (SSSR count). The van der Waals surface area contributed by atoms with Gasteiger partial charge in [0.15, 0.2) is 11.5 Å². The van der Waals surface area contributed by atoms with Crippen molar-refractivity contribution in [3.05, 3.63) is 18.2 Å². The average molecular weight is 190 g/mol. The summed E-state index contributed by atoms with van der Waals surface area (Å²) in [5.74, 6) is 4.24. The predicted molar refractivity (Wildman–Crippen MR) is 42.5 cm³/mol. The fourth-order valence-electron chi connectivity index (χ4n) is 0.830. The fraction of sp³-hybridized carbons (Fsp3) is 0.143. The number of hydrogen-bond donors (Lipinski definition) is 3. The van der Waals surface area contributed by atoms with Gasteiger partial charge >= 0.3 is 6.61 Å². The van der Waals surface area contributed by atoms with Crippen molar-refractivity contribution >= 4 is 5.69 Å². The number of nitrogens with one attached hydrogen (secondary N) is 1. The van der Waals surface area contributed by atoms with Crippen LogP contribution in [0.2, 0.25) is 0 Å². The van der Waals surface area contributed by atoms with Crippen LogP contribution in [0.5, 0.6) is 11.5 Å². The number of rotatable bonds is 3. The maximum Gasteiger partial charge on any atom is 0.387 e. The van der Waals surface area contributed by atoms with Gasteiger partial charge in [-0.15, -0.1) is 0 Å². The highest BCUT2D eigenvalue weighted by Crippen LogP contribution is 2.33. The van der Waals surface area contributed by atoms with E-state index in [-0.39, 0.29) is 11.4 Å². The van der Waals surface area contributed by atoms with Gasteiger partial charge in [0.1, 0.15) is 0 Å². The number of ether oxygens (including phenoxy) is 1. The topological polar surface area (TPSA) is 67.5 Å². The molecule has 4 nitrogen and oxygen atoms in total. The van der Waals surface area contributed by atoms with E-state index in [9.17, 15) is 13.9 Å². The highest BCUT2D eigenvalue weighted by Gasteiger charge is 2.11. The van der Waals surface area contributed by atoms with E-state index >= 15 is 0 Å². The number of nitrogens with two attached hydrogens (primary N) is 1. The Balaban J connectivity index is 2.94. The molecular formula is C7H8F2N2O2. The average Bonchev–Trinajstić information content (AvgIpc) is 2.08. The third kappa shape index (κ3) is 2.19. The van der Waals surface area contributed by atoms with E-state index < -0.39 is 12.4 Å². The number of anilines is 1. The summed E-state index contributed by atoms with van der Waals surface area (Å²) in [6, 6.07) is 4.06. The van der Waals surface area contributed by atoms with Crippen LogP contribution in [-0.4, -0.2) is 11.7 Å². The number of para-hydroxylation sites is 1. The molecule has 0 aliphatic heterocycles. The van der Waals surface area contributed by atoms with Crippen LogP contribution in [0.3, 0.4) is 0 Å². The Labute approximate surface area is 72.9 Å². The van der Waals surface area contributed by atoms with Crippen LogP contribution in [0.15, 0.2) is 18.2 Å². The Morgan fingerprint density at radius 1 is 1.46 bits per heavy atom. The molecule has 0 aliphatic carbocycles. The van der Waals surface area contributed by atoms with Crippen LogP contribution in [0.25, 0.3) is 0 Å². The maximum absolute atomic E-state index is 11.8. The van der Waals surface area contributed by atoms with Crippen molar-refractivity contribution in [2.24, 2.45) is 5.84 Å². The van der Waals surface area contributed by atoms with Crippen LogP contribution in [0.1, 0.15) is 0 Å². The van der Waals surface area contributed by atoms with Crippen LogP contribution in [0, 0.1) is 0 Å². The van der Waals surface area contributed by atoms with Gasteiger partial charge in [-0.05, 0) is 12.1 Å². The first kappa shape index (κ1) is 9.53. The van der Waals surface area contributed by atoms with Gasteiger partial charge in [0.25, 0.3) is 0 Å². The van der Waals surface area contributed by atoms with E-state index in [1.165, 1.54) is 18.2 Å². The lowest BCUT2D eigenvalue weighted by Crippen LogP contribution is -2.08. The van der Waals surface area contributed by atoms with Crippen molar-refractivity contribution in [1.82, 2.24) is 0 Å². The minimum atomic E-state index is -2.97. The number of phenolic OH excluding ortho intramolecular Hbond substituents is 1. The largest absolute Gasteiger partial charge is 0.503 e. The minimum absolute atomic E-state index is 0.123. The lowest BCUT2D eigenvalue weighted by atomic mass is 10.3. The molecule has 0 unspecified atom stereocenters. The second kappa shape index (κ2) is 3.90. The Morgan fingerprint density at radius 3 is 2.69 bits per heavy atom. The standard InChI is InChI=1S/C7H8F2N2O2/c8-7(9)13-5-3-1-2-4(11-10)6(5)12/h1-3,7,11-12H,10H2. The van der Waals surface area contributed by atoms with Crippen molar-refractivity contribution in [3.63, 3.8) is 0 Å². The highest BCUT2D eigenvalue weighted by molar-refractivity contribution is 5.61. The van der Waals surface area contributed by atoms with Crippen molar-refractivity contribution < 1.29 is 18.6 Å². The Bertz CT molecular complexity index is 294. The van der Waals surface area contributed by atoms with Gasteiger partial charge < -0.3 is 15.3 Å². The second-order valence-corrected chi connectivity index (χ2v) is 2.18. The van der Waals surface area contributed by atoms with Gasteiger partial charge in [0, 0.05) is 0 Å². The van der Waals surface area contributed by atoms with Gasteiger partial charge in [0.2, 0.25) is 0 Å². The van der Waals surface area contributed by atoms with Crippen LogP contribution in [-0.2, 0) is 0 Å². The molecule has 0 heterocycles. The molecule has 0 aliphatic rings. The van der Waals surface area contributed by atoms with E-state index in [0.717, 1.165) is 0 Å². The third-order valence-electron chi connectivity index (χ3n) is 1.37. The van der Waals surface area contributed by atoms with Crippen molar-refractivity contribution in [3.8, 4) is 11.5 Å². The molecule has 72 valence electrons. The van der Waals surface area contributed by atoms with Crippen molar-refractivity contribution in [1.29, 1.82) is 0 Å². The number of aromatic hydroxyl groups is 1. The summed E-state index contributed by atoms with van der Waals surface area (Å²) in [7, 11) is 0. The SMILES string of the molecule is NNc1cccc(OC(F)F)c1O.